The summed E-state index contributed by atoms with van der Waals surface area (Å²) < 4.78 is 6.05. The van der Waals surface area contributed by atoms with Gasteiger partial charge in [0.2, 0.25) is 0 Å². The van der Waals surface area contributed by atoms with E-state index in [4.69, 9.17) is 10.5 Å². The minimum Gasteiger partial charge on any atom is -0.377 e. The molecule has 2 nitrogen and oxygen atoms in total. The number of hydrogen-bond donors (Lipinski definition) is 1. The van der Waals surface area contributed by atoms with Crippen LogP contribution in [0.25, 0.3) is 0 Å². The highest BCUT2D eigenvalue weighted by Crippen LogP contribution is 2.39. The lowest BCUT2D eigenvalue weighted by Gasteiger charge is -2.40. The van der Waals surface area contributed by atoms with E-state index in [0.29, 0.717) is 11.5 Å². The Labute approximate surface area is 106 Å². The van der Waals surface area contributed by atoms with Crippen molar-refractivity contribution in [2.24, 2.45) is 23.0 Å². The predicted octanol–water partition coefficient (Wildman–Crippen LogP) is 3.35. The molecule has 2 rings (SSSR count). The van der Waals surface area contributed by atoms with Gasteiger partial charge in [0.05, 0.1) is 6.10 Å². The van der Waals surface area contributed by atoms with Crippen LogP contribution in [-0.2, 0) is 4.74 Å². The van der Waals surface area contributed by atoms with Gasteiger partial charge in [0, 0.05) is 12.6 Å². The molecular weight excluding hydrogens is 210 g/mol. The highest BCUT2D eigenvalue weighted by atomic mass is 16.5. The van der Waals surface area contributed by atoms with Gasteiger partial charge in [0.25, 0.3) is 0 Å². The van der Waals surface area contributed by atoms with E-state index in [1.807, 2.05) is 0 Å². The van der Waals surface area contributed by atoms with Crippen molar-refractivity contribution in [2.45, 2.75) is 71.4 Å². The molecule has 2 saturated carbocycles. The molecule has 17 heavy (non-hydrogen) atoms. The zero-order chi connectivity index (χ0) is 12.5. The molecule has 2 aliphatic rings. The number of nitrogens with two attached hydrogens (primary N) is 1. The number of rotatable bonds is 4. The first-order chi connectivity index (χ1) is 7.97. The topological polar surface area (TPSA) is 35.2 Å². The Balaban J connectivity index is 1.77. The van der Waals surface area contributed by atoms with E-state index >= 15 is 0 Å². The normalized spacial score (nSPS) is 34.9. The molecule has 0 aromatic rings. The lowest BCUT2D eigenvalue weighted by molar-refractivity contribution is -0.0209. The maximum Gasteiger partial charge on any atom is 0.0728 e. The van der Waals surface area contributed by atoms with Crippen molar-refractivity contribution in [3.63, 3.8) is 0 Å². The quantitative estimate of drug-likeness (QED) is 0.816. The van der Waals surface area contributed by atoms with E-state index in [2.05, 4.69) is 20.8 Å². The Hall–Kier alpha value is -0.0800. The van der Waals surface area contributed by atoms with E-state index in [-0.39, 0.29) is 6.04 Å². The van der Waals surface area contributed by atoms with Crippen molar-refractivity contribution in [3.8, 4) is 0 Å². The summed E-state index contributed by atoms with van der Waals surface area (Å²) in [6, 6.07) is 0.271. The molecule has 0 radical (unpaired) electrons. The Kier molecular flexibility index (Phi) is 4.14. The molecule has 0 amide bonds. The molecule has 3 unspecified atom stereocenters. The Bertz CT molecular complexity index is 242. The van der Waals surface area contributed by atoms with E-state index in [0.717, 1.165) is 31.3 Å². The van der Waals surface area contributed by atoms with Crippen LogP contribution >= 0.6 is 0 Å². The Morgan fingerprint density at radius 3 is 2.41 bits per heavy atom. The first kappa shape index (κ1) is 13.4. The van der Waals surface area contributed by atoms with Crippen LogP contribution in [0, 0.1) is 17.3 Å². The van der Waals surface area contributed by atoms with Gasteiger partial charge < -0.3 is 10.5 Å². The standard InChI is InChI=1S/C15H29NO/c1-15(2,3)12-6-7-13(16)14(10-12)17-9-8-11-4-5-11/h11-14H,4-10,16H2,1-3H3. The average Bonchev–Trinajstić information content (AvgIpc) is 3.03. The van der Waals surface area contributed by atoms with Crippen LogP contribution in [0.3, 0.4) is 0 Å². The average molecular weight is 239 g/mol. The van der Waals surface area contributed by atoms with Gasteiger partial charge in [-0.1, -0.05) is 33.6 Å². The first-order valence-electron chi connectivity index (χ1n) is 7.34. The van der Waals surface area contributed by atoms with Gasteiger partial charge >= 0.3 is 0 Å². The maximum atomic E-state index is 6.19. The smallest absolute Gasteiger partial charge is 0.0728 e. The summed E-state index contributed by atoms with van der Waals surface area (Å²) in [5, 5.41) is 0. The van der Waals surface area contributed by atoms with Crippen LogP contribution in [0.5, 0.6) is 0 Å². The van der Waals surface area contributed by atoms with Crippen molar-refractivity contribution in [1.82, 2.24) is 0 Å². The lowest BCUT2D eigenvalue weighted by Crippen LogP contribution is -2.44. The van der Waals surface area contributed by atoms with Crippen LogP contribution in [-0.4, -0.2) is 18.8 Å². The van der Waals surface area contributed by atoms with Crippen molar-refractivity contribution >= 4 is 0 Å². The fourth-order valence-electron chi connectivity index (χ4n) is 2.92. The van der Waals surface area contributed by atoms with E-state index in [1.54, 1.807) is 0 Å². The SMILES string of the molecule is CC(C)(C)C1CCC(N)C(OCCC2CC2)C1. The molecule has 0 bridgehead atoms. The van der Waals surface area contributed by atoms with Gasteiger partial charge in [-0.15, -0.1) is 0 Å². The zero-order valence-electron chi connectivity index (χ0n) is 11.7. The summed E-state index contributed by atoms with van der Waals surface area (Å²) >= 11 is 0. The van der Waals surface area contributed by atoms with Gasteiger partial charge in [-0.25, -0.2) is 0 Å². The molecular formula is C15H29NO. The fraction of sp³-hybridized carbons (Fsp3) is 1.00. The second-order valence-corrected chi connectivity index (χ2v) is 7.18. The second kappa shape index (κ2) is 5.27. The summed E-state index contributed by atoms with van der Waals surface area (Å²) in [6.45, 7) is 7.96. The summed E-state index contributed by atoms with van der Waals surface area (Å²) in [7, 11) is 0. The van der Waals surface area contributed by atoms with Crippen molar-refractivity contribution in [1.29, 1.82) is 0 Å². The van der Waals surface area contributed by atoms with E-state index in [9.17, 15) is 0 Å². The molecule has 0 saturated heterocycles. The number of hydrogen-bond acceptors (Lipinski definition) is 2. The minimum atomic E-state index is 0.271. The molecule has 100 valence electrons. The second-order valence-electron chi connectivity index (χ2n) is 7.18. The highest BCUT2D eigenvalue weighted by molar-refractivity contribution is 4.88. The van der Waals surface area contributed by atoms with Crippen LogP contribution < -0.4 is 5.73 Å². The zero-order valence-corrected chi connectivity index (χ0v) is 11.7. The van der Waals surface area contributed by atoms with Gasteiger partial charge in [0.15, 0.2) is 0 Å². The first-order valence-corrected chi connectivity index (χ1v) is 7.34. The summed E-state index contributed by atoms with van der Waals surface area (Å²) in [5.41, 5.74) is 6.59. The van der Waals surface area contributed by atoms with Crippen LogP contribution in [0.1, 0.15) is 59.3 Å². The van der Waals surface area contributed by atoms with Gasteiger partial charge in [-0.05, 0) is 42.9 Å². The molecule has 0 heterocycles. The third kappa shape index (κ3) is 3.96. The molecule has 0 spiro atoms. The number of ether oxygens (including phenoxy) is 1. The van der Waals surface area contributed by atoms with Gasteiger partial charge in [0.1, 0.15) is 0 Å². The molecule has 0 aromatic heterocycles. The fourth-order valence-corrected chi connectivity index (χ4v) is 2.92. The summed E-state index contributed by atoms with van der Waals surface area (Å²) in [4.78, 5) is 0. The van der Waals surface area contributed by atoms with Crippen molar-refractivity contribution < 1.29 is 4.74 Å². The molecule has 2 aliphatic carbocycles. The summed E-state index contributed by atoms with van der Waals surface area (Å²) in [5.74, 6) is 1.74. The van der Waals surface area contributed by atoms with Crippen LogP contribution in [0.2, 0.25) is 0 Å². The Morgan fingerprint density at radius 2 is 1.82 bits per heavy atom. The molecule has 2 fully saturated rings. The molecule has 0 aliphatic heterocycles. The molecule has 0 aromatic carbocycles. The van der Waals surface area contributed by atoms with Gasteiger partial charge in [-0.2, -0.15) is 0 Å². The third-order valence-corrected chi connectivity index (χ3v) is 4.62. The predicted molar refractivity (Wildman–Crippen MR) is 71.9 cm³/mol. The van der Waals surface area contributed by atoms with Gasteiger partial charge in [-0.3, -0.25) is 0 Å². The molecule has 2 N–H and O–H groups in total. The molecule has 3 atom stereocenters. The third-order valence-electron chi connectivity index (χ3n) is 4.62. The summed E-state index contributed by atoms with van der Waals surface area (Å²) in [6.07, 6.45) is 7.98. The van der Waals surface area contributed by atoms with Crippen molar-refractivity contribution in [2.75, 3.05) is 6.61 Å². The largest absolute Gasteiger partial charge is 0.377 e. The van der Waals surface area contributed by atoms with Crippen LogP contribution in [0.4, 0.5) is 0 Å². The Morgan fingerprint density at radius 1 is 1.12 bits per heavy atom. The minimum absolute atomic E-state index is 0.271. The monoisotopic (exact) mass is 239 g/mol. The van der Waals surface area contributed by atoms with Crippen molar-refractivity contribution in [3.05, 3.63) is 0 Å². The van der Waals surface area contributed by atoms with Crippen LogP contribution in [0.15, 0.2) is 0 Å². The lowest BCUT2D eigenvalue weighted by atomic mass is 9.70. The highest BCUT2D eigenvalue weighted by Gasteiger charge is 2.35. The van der Waals surface area contributed by atoms with E-state index in [1.165, 1.54) is 25.7 Å². The van der Waals surface area contributed by atoms with E-state index < -0.39 is 0 Å². The molecule has 2 heteroatoms. The maximum absolute atomic E-state index is 6.19.